The molecule has 1 aromatic carbocycles. The maximum atomic E-state index is 5.77. The Kier molecular flexibility index (Phi) is 4.58. The molecule has 2 heteroatoms. The van der Waals surface area contributed by atoms with E-state index in [1.165, 1.54) is 16.8 Å². The molecule has 1 rings (SSSR count). The van der Waals surface area contributed by atoms with Gasteiger partial charge in [0.2, 0.25) is 0 Å². The second-order valence-electron chi connectivity index (χ2n) is 5.92. The van der Waals surface area contributed by atoms with Crippen LogP contribution in [-0.4, -0.2) is 13.1 Å². The van der Waals surface area contributed by atoms with E-state index in [1.54, 1.807) is 0 Å². The predicted molar refractivity (Wildman–Crippen MR) is 76.6 cm³/mol. The zero-order valence-corrected chi connectivity index (χ0v) is 11.8. The van der Waals surface area contributed by atoms with Crippen molar-refractivity contribution < 1.29 is 0 Å². The monoisotopic (exact) mass is 234 g/mol. The van der Waals surface area contributed by atoms with Crippen LogP contribution >= 0.6 is 0 Å². The maximum absolute atomic E-state index is 5.77. The number of rotatable bonds is 5. The topological polar surface area (TPSA) is 38.0 Å². The highest BCUT2D eigenvalue weighted by atomic mass is 14.9. The first kappa shape index (κ1) is 14.0. The normalized spacial score (nSPS) is 11.9. The Morgan fingerprint density at radius 1 is 1.29 bits per heavy atom. The number of aryl methyl sites for hydroxylation is 1. The van der Waals surface area contributed by atoms with Crippen LogP contribution in [0.4, 0.5) is 5.69 Å². The van der Waals surface area contributed by atoms with Crippen molar-refractivity contribution in [3.05, 3.63) is 29.3 Å². The van der Waals surface area contributed by atoms with E-state index in [0.29, 0.717) is 12.5 Å². The molecule has 0 bridgehead atoms. The largest absolute Gasteiger partial charge is 0.384 e. The van der Waals surface area contributed by atoms with Crippen LogP contribution in [0.15, 0.2) is 18.2 Å². The molecule has 0 atom stereocenters. The Morgan fingerprint density at radius 2 is 1.94 bits per heavy atom. The third-order valence-electron chi connectivity index (χ3n) is 3.22. The molecule has 0 radical (unpaired) electrons. The summed E-state index contributed by atoms with van der Waals surface area (Å²) in [6.45, 7) is 12.6. The summed E-state index contributed by atoms with van der Waals surface area (Å²) >= 11 is 0. The van der Waals surface area contributed by atoms with Gasteiger partial charge in [-0.15, -0.1) is 0 Å². The number of nitrogens with two attached hydrogens (primary N) is 1. The number of hydrogen-bond donors (Lipinski definition) is 2. The Hall–Kier alpha value is -1.02. The van der Waals surface area contributed by atoms with Crippen molar-refractivity contribution in [2.75, 3.05) is 18.4 Å². The third-order valence-corrected chi connectivity index (χ3v) is 3.22. The van der Waals surface area contributed by atoms with Crippen molar-refractivity contribution in [2.24, 2.45) is 11.1 Å². The lowest BCUT2D eigenvalue weighted by Gasteiger charge is -2.26. The molecule has 0 aliphatic heterocycles. The molecular formula is C15H26N2. The van der Waals surface area contributed by atoms with Gasteiger partial charge in [-0.05, 0) is 35.9 Å². The molecular weight excluding hydrogens is 208 g/mol. The van der Waals surface area contributed by atoms with Gasteiger partial charge in [-0.25, -0.2) is 0 Å². The van der Waals surface area contributed by atoms with Crippen LogP contribution in [0.5, 0.6) is 0 Å². The molecule has 0 saturated carbocycles. The molecule has 0 saturated heterocycles. The Balaban J connectivity index is 2.90. The van der Waals surface area contributed by atoms with Crippen molar-refractivity contribution in [1.82, 2.24) is 0 Å². The van der Waals surface area contributed by atoms with E-state index >= 15 is 0 Å². The zero-order valence-electron chi connectivity index (χ0n) is 11.8. The number of anilines is 1. The highest BCUT2D eigenvalue weighted by molar-refractivity contribution is 5.58. The van der Waals surface area contributed by atoms with Gasteiger partial charge in [0.15, 0.2) is 0 Å². The Morgan fingerprint density at radius 3 is 2.47 bits per heavy atom. The maximum Gasteiger partial charge on any atom is 0.0405 e. The van der Waals surface area contributed by atoms with Crippen molar-refractivity contribution in [3.63, 3.8) is 0 Å². The molecule has 0 spiro atoms. The summed E-state index contributed by atoms with van der Waals surface area (Å²) in [7, 11) is 0. The molecule has 96 valence electrons. The minimum atomic E-state index is 0.135. The van der Waals surface area contributed by atoms with E-state index in [2.05, 4.69) is 58.1 Å². The average molecular weight is 234 g/mol. The summed E-state index contributed by atoms with van der Waals surface area (Å²) in [6, 6.07) is 6.49. The fourth-order valence-corrected chi connectivity index (χ4v) is 1.81. The predicted octanol–water partition coefficient (Wildman–Crippen LogP) is 3.52. The summed E-state index contributed by atoms with van der Waals surface area (Å²) in [4.78, 5) is 0. The average Bonchev–Trinajstić information content (AvgIpc) is 2.27. The van der Waals surface area contributed by atoms with Gasteiger partial charge >= 0.3 is 0 Å². The van der Waals surface area contributed by atoms with Crippen LogP contribution in [0.1, 0.15) is 44.7 Å². The van der Waals surface area contributed by atoms with E-state index in [0.717, 1.165) is 6.54 Å². The lowest BCUT2D eigenvalue weighted by atomic mass is 9.92. The summed E-state index contributed by atoms with van der Waals surface area (Å²) in [5, 5.41) is 3.57. The molecule has 2 nitrogen and oxygen atoms in total. The smallest absolute Gasteiger partial charge is 0.0405 e. The number of benzene rings is 1. The molecule has 0 heterocycles. The van der Waals surface area contributed by atoms with Crippen LogP contribution in [-0.2, 0) is 0 Å². The van der Waals surface area contributed by atoms with Gasteiger partial charge in [0.1, 0.15) is 0 Å². The van der Waals surface area contributed by atoms with Crippen molar-refractivity contribution >= 4 is 5.69 Å². The molecule has 0 aliphatic carbocycles. The van der Waals surface area contributed by atoms with Gasteiger partial charge in [0, 0.05) is 12.2 Å². The first-order chi connectivity index (χ1) is 7.87. The zero-order chi connectivity index (χ0) is 13.1. The molecule has 0 unspecified atom stereocenters. The Labute approximate surface area is 106 Å². The number of hydrogen-bond acceptors (Lipinski definition) is 2. The molecule has 0 amide bonds. The number of para-hydroxylation sites is 1. The lowest BCUT2D eigenvalue weighted by molar-refractivity contribution is 0.405. The second kappa shape index (κ2) is 5.54. The summed E-state index contributed by atoms with van der Waals surface area (Å²) in [5.74, 6) is 0.540. The van der Waals surface area contributed by atoms with Gasteiger partial charge in [0.25, 0.3) is 0 Å². The van der Waals surface area contributed by atoms with Crippen LogP contribution in [0, 0.1) is 12.3 Å². The molecule has 0 aliphatic rings. The van der Waals surface area contributed by atoms with Crippen molar-refractivity contribution in [3.8, 4) is 0 Å². The van der Waals surface area contributed by atoms with Crippen molar-refractivity contribution in [2.45, 2.75) is 40.5 Å². The van der Waals surface area contributed by atoms with Crippen LogP contribution in [0.2, 0.25) is 0 Å². The SMILES string of the molecule is Cc1cccc(C(C)C)c1NCC(C)(C)CN. The molecule has 1 aromatic rings. The highest BCUT2D eigenvalue weighted by Gasteiger charge is 2.17. The Bertz CT molecular complexity index is 367. The second-order valence-corrected chi connectivity index (χ2v) is 5.92. The van der Waals surface area contributed by atoms with Crippen molar-refractivity contribution in [1.29, 1.82) is 0 Å². The summed E-state index contributed by atoms with van der Waals surface area (Å²) < 4.78 is 0. The molecule has 0 aromatic heterocycles. The quantitative estimate of drug-likeness (QED) is 0.818. The number of nitrogens with one attached hydrogen (secondary N) is 1. The van der Waals surface area contributed by atoms with Gasteiger partial charge in [-0.3, -0.25) is 0 Å². The fourth-order valence-electron chi connectivity index (χ4n) is 1.81. The lowest BCUT2D eigenvalue weighted by Crippen LogP contribution is -2.31. The minimum Gasteiger partial charge on any atom is -0.384 e. The van der Waals surface area contributed by atoms with E-state index < -0.39 is 0 Å². The van der Waals surface area contributed by atoms with Gasteiger partial charge in [-0.2, -0.15) is 0 Å². The first-order valence-corrected chi connectivity index (χ1v) is 6.41. The van der Waals surface area contributed by atoms with Crippen LogP contribution in [0.25, 0.3) is 0 Å². The molecule has 17 heavy (non-hydrogen) atoms. The van der Waals surface area contributed by atoms with E-state index in [-0.39, 0.29) is 5.41 Å². The van der Waals surface area contributed by atoms with E-state index in [1.807, 2.05) is 0 Å². The highest BCUT2D eigenvalue weighted by Crippen LogP contribution is 2.28. The van der Waals surface area contributed by atoms with Gasteiger partial charge in [-0.1, -0.05) is 45.9 Å². The van der Waals surface area contributed by atoms with Crippen LogP contribution < -0.4 is 11.1 Å². The standard InChI is InChI=1S/C15H26N2/c1-11(2)13-8-6-7-12(3)14(13)17-10-15(4,5)9-16/h6-8,11,17H,9-10,16H2,1-5H3. The van der Waals surface area contributed by atoms with Crippen LogP contribution in [0.3, 0.4) is 0 Å². The summed E-state index contributed by atoms with van der Waals surface area (Å²) in [6.07, 6.45) is 0. The first-order valence-electron chi connectivity index (χ1n) is 6.41. The van der Waals surface area contributed by atoms with Gasteiger partial charge in [0.05, 0.1) is 0 Å². The third kappa shape index (κ3) is 3.74. The molecule has 0 fully saturated rings. The fraction of sp³-hybridized carbons (Fsp3) is 0.600. The van der Waals surface area contributed by atoms with E-state index in [9.17, 15) is 0 Å². The van der Waals surface area contributed by atoms with E-state index in [4.69, 9.17) is 5.73 Å². The summed E-state index contributed by atoms with van der Waals surface area (Å²) in [5.41, 5.74) is 9.88. The minimum absolute atomic E-state index is 0.135. The van der Waals surface area contributed by atoms with Gasteiger partial charge < -0.3 is 11.1 Å². The molecule has 3 N–H and O–H groups in total.